The van der Waals surface area contributed by atoms with Gasteiger partial charge in [-0.2, -0.15) is 0 Å². The van der Waals surface area contributed by atoms with Crippen molar-refractivity contribution in [3.63, 3.8) is 0 Å². The first kappa shape index (κ1) is 21.7. The maximum Gasteiger partial charge on any atom is 0.256 e. The lowest BCUT2D eigenvalue weighted by atomic mass is 9.97. The van der Waals surface area contributed by atoms with E-state index in [9.17, 15) is 4.79 Å². The smallest absolute Gasteiger partial charge is 0.256 e. The van der Waals surface area contributed by atoms with Gasteiger partial charge in [0.25, 0.3) is 5.91 Å². The molecule has 1 N–H and O–H groups in total. The Morgan fingerprint density at radius 3 is 2.56 bits per heavy atom. The van der Waals surface area contributed by atoms with Gasteiger partial charge in [-0.05, 0) is 37.6 Å². The van der Waals surface area contributed by atoms with Crippen LogP contribution in [0.1, 0.15) is 39.5 Å². The first-order valence-corrected chi connectivity index (χ1v) is 9.97. The van der Waals surface area contributed by atoms with Gasteiger partial charge >= 0.3 is 0 Å². The first-order chi connectivity index (χ1) is 13.1. The Labute approximate surface area is 163 Å². The first-order valence-electron chi connectivity index (χ1n) is 9.97. The molecule has 1 amide bonds. The fraction of sp³-hybridized carbons (Fsp3) is 0.667. The van der Waals surface area contributed by atoms with E-state index in [0.29, 0.717) is 13.0 Å². The summed E-state index contributed by atoms with van der Waals surface area (Å²) in [6, 6.07) is 7.50. The molecule has 1 aliphatic rings. The van der Waals surface area contributed by atoms with Crippen LogP contribution >= 0.6 is 0 Å². The molecule has 6 nitrogen and oxygen atoms in total. The van der Waals surface area contributed by atoms with Crippen LogP contribution in [0.4, 0.5) is 5.69 Å². The van der Waals surface area contributed by atoms with E-state index >= 15 is 0 Å². The zero-order valence-electron chi connectivity index (χ0n) is 17.0. The lowest BCUT2D eigenvalue weighted by molar-refractivity contribution is -0.136. The Bertz CT molecular complexity index is 558. The van der Waals surface area contributed by atoms with Gasteiger partial charge in [0.05, 0.1) is 13.2 Å². The van der Waals surface area contributed by atoms with Gasteiger partial charge in [-0.25, -0.2) is 0 Å². The second-order valence-corrected chi connectivity index (χ2v) is 7.17. The number of rotatable bonds is 11. The number of hydrogen-bond donors (Lipinski definition) is 1. The topological polar surface area (TPSA) is 60.0 Å². The molecule has 1 fully saturated rings. The zero-order valence-corrected chi connectivity index (χ0v) is 17.0. The minimum absolute atomic E-state index is 0.109. The van der Waals surface area contributed by atoms with Gasteiger partial charge in [0.15, 0.2) is 0 Å². The molecular weight excluding hydrogens is 344 g/mol. The number of benzene rings is 1. The fourth-order valence-electron chi connectivity index (χ4n) is 3.04. The Hall–Kier alpha value is -1.63. The highest BCUT2D eigenvalue weighted by Gasteiger charge is 2.32. The molecule has 152 valence electrons. The lowest BCUT2D eigenvalue weighted by Gasteiger charge is -2.27. The molecule has 1 atom stereocenters. The van der Waals surface area contributed by atoms with E-state index in [1.807, 2.05) is 31.2 Å². The molecule has 27 heavy (non-hydrogen) atoms. The highest BCUT2D eigenvalue weighted by molar-refractivity contribution is 5.97. The SMILES string of the molecule is CCCCCC(C)(OC)C(=O)Nc1ccc(OCCN2CCOCC2)cc1. The van der Waals surface area contributed by atoms with E-state index in [4.69, 9.17) is 14.2 Å². The number of hydrogen-bond acceptors (Lipinski definition) is 5. The number of methoxy groups -OCH3 is 1. The van der Waals surface area contributed by atoms with E-state index in [0.717, 1.165) is 63.5 Å². The Morgan fingerprint density at radius 1 is 1.22 bits per heavy atom. The van der Waals surface area contributed by atoms with E-state index in [-0.39, 0.29) is 5.91 Å². The third kappa shape index (κ3) is 7.13. The van der Waals surface area contributed by atoms with Crippen LogP contribution in [0.5, 0.6) is 5.75 Å². The predicted octanol–water partition coefficient (Wildman–Crippen LogP) is 3.32. The second-order valence-electron chi connectivity index (χ2n) is 7.17. The van der Waals surface area contributed by atoms with Gasteiger partial charge in [0, 0.05) is 32.4 Å². The molecule has 0 radical (unpaired) electrons. The number of anilines is 1. The quantitative estimate of drug-likeness (QED) is 0.599. The van der Waals surface area contributed by atoms with Crippen molar-refractivity contribution in [3.05, 3.63) is 24.3 Å². The maximum absolute atomic E-state index is 12.6. The standard InChI is InChI=1S/C21H34N2O4/c1-4-5-6-11-21(2,25-3)20(24)22-18-7-9-19(10-8-18)27-17-14-23-12-15-26-16-13-23/h7-10H,4-6,11-17H2,1-3H3,(H,22,24). The summed E-state index contributed by atoms with van der Waals surface area (Å²) in [5, 5.41) is 2.95. The largest absolute Gasteiger partial charge is 0.492 e. The van der Waals surface area contributed by atoms with Crippen molar-refractivity contribution in [1.82, 2.24) is 4.90 Å². The molecule has 6 heteroatoms. The Morgan fingerprint density at radius 2 is 1.93 bits per heavy atom. The predicted molar refractivity (Wildman–Crippen MR) is 107 cm³/mol. The van der Waals surface area contributed by atoms with Crippen molar-refractivity contribution in [1.29, 1.82) is 0 Å². The van der Waals surface area contributed by atoms with Crippen LogP contribution in [0.25, 0.3) is 0 Å². The van der Waals surface area contributed by atoms with Crippen LogP contribution < -0.4 is 10.1 Å². The number of carbonyl (C=O) groups is 1. The van der Waals surface area contributed by atoms with Gasteiger partial charge < -0.3 is 19.5 Å². The highest BCUT2D eigenvalue weighted by atomic mass is 16.5. The summed E-state index contributed by atoms with van der Waals surface area (Å²) in [5.74, 6) is 0.695. The average molecular weight is 379 g/mol. The molecule has 2 rings (SSSR count). The van der Waals surface area contributed by atoms with Crippen LogP contribution in [-0.2, 0) is 14.3 Å². The van der Waals surface area contributed by atoms with Crippen molar-refractivity contribution in [2.45, 2.75) is 45.1 Å². The molecule has 0 spiro atoms. The van der Waals surface area contributed by atoms with Crippen LogP contribution in [0.15, 0.2) is 24.3 Å². The second kappa shape index (κ2) is 11.3. The molecule has 1 heterocycles. The minimum Gasteiger partial charge on any atom is -0.492 e. The summed E-state index contributed by atoms with van der Waals surface area (Å²) in [6.45, 7) is 9.06. The van der Waals surface area contributed by atoms with Crippen molar-refractivity contribution in [3.8, 4) is 5.75 Å². The molecular formula is C21H34N2O4. The lowest BCUT2D eigenvalue weighted by Crippen LogP contribution is -2.41. The van der Waals surface area contributed by atoms with Gasteiger partial charge in [-0.3, -0.25) is 9.69 Å². The molecule has 1 aliphatic heterocycles. The highest BCUT2D eigenvalue weighted by Crippen LogP contribution is 2.22. The van der Waals surface area contributed by atoms with Crippen molar-refractivity contribution in [2.75, 3.05) is 51.9 Å². The molecule has 1 saturated heterocycles. The number of nitrogens with one attached hydrogen (secondary N) is 1. The fourth-order valence-corrected chi connectivity index (χ4v) is 3.04. The van der Waals surface area contributed by atoms with Gasteiger partial charge in [-0.1, -0.05) is 26.2 Å². The molecule has 0 saturated carbocycles. The van der Waals surface area contributed by atoms with E-state index in [2.05, 4.69) is 17.1 Å². The molecule has 0 aromatic heterocycles. The van der Waals surface area contributed by atoms with E-state index in [1.54, 1.807) is 7.11 Å². The summed E-state index contributed by atoms with van der Waals surface area (Å²) < 4.78 is 16.6. The Balaban J connectivity index is 1.78. The number of morpholine rings is 1. The van der Waals surface area contributed by atoms with Crippen molar-refractivity contribution >= 4 is 11.6 Å². The molecule has 0 aliphatic carbocycles. The number of carbonyl (C=O) groups excluding carboxylic acids is 1. The average Bonchev–Trinajstić information content (AvgIpc) is 2.70. The molecule has 1 unspecified atom stereocenters. The number of unbranched alkanes of at least 4 members (excludes halogenated alkanes) is 2. The summed E-state index contributed by atoms with van der Waals surface area (Å²) in [4.78, 5) is 14.9. The summed E-state index contributed by atoms with van der Waals surface area (Å²) >= 11 is 0. The van der Waals surface area contributed by atoms with Crippen LogP contribution in [0.3, 0.4) is 0 Å². The molecule has 0 bridgehead atoms. The number of amides is 1. The normalized spacial score (nSPS) is 17.3. The third-order valence-electron chi connectivity index (χ3n) is 5.08. The summed E-state index contributed by atoms with van der Waals surface area (Å²) in [5.41, 5.74) is -0.0537. The summed E-state index contributed by atoms with van der Waals surface area (Å²) in [6.07, 6.45) is 3.91. The van der Waals surface area contributed by atoms with Gasteiger partial charge in [-0.15, -0.1) is 0 Å². The van der Waals surface area contributed by atoms with Crippen molar-refractivity contribution < 1.29 is 19.0 Å². The van der Waals surface area contributed by atoms with Gasteiger partial charge in [0.1, 0.15) is 18.0 Å². The number of nitrogens with zero attached hydrogens (tertiary/aromatic N) is 1. The summed E-state index contributed by atoms with van der Waals surface area (Å²) in [7, 11) is 1.59. The van der Waals surface area contributed by atoms with Crippen LogP contribution in [0.2, 0.25) is 0 Å². The number of ether oxygens (including phenoxy) is 3. The van der Waals surface area contributed by atoms with E-state index < -0.39 is 5.60 Å². The Kier molecular flexibility index (Phi) is 9.04. The van der Waals surface area contributed by atoms with Crippen LogP contribution in [0, 0.1) is 0 Å². The van der Waals surface area contributed by atoms with E-state index in [1.165, 1.54) is 0 Å². The zero-order chi connectivity index (χ0) is 19.5. The molecule has 1 aromatic rings. The molecule has 1 aromatic carbocycles. The van der Waals surface area contributed by atoms with Crippen LogP contribution in [-0.4, -0.2) is 63.0 Å². The monoisotopic (exact) mass is 378 g/mol. The third-order valence-corrected chi connectivity index (χ3v) is 5.08. The maximum atomic E-state index is 12.6. The van der Waals surface area contributed by atoms with Crippen molar-refractivity contribution in [2.24, 2.45) is 0 Å². The minimum atomic E-state index is -0.803. The van der Waals surface area contributed by atoms with Gasteiger partial charge in [0.2, 0.25) is 0 Å².